The Balaban J connectivity index is 1.99. The monoisotopic (exact) mass is 346 g/mol. The number of ether oxygens (including phenoxy) is 1. The molecule has 0 atom stereocenters. The summed E-state index contributed by atoms with van der Waals surface area (Å²) in [5, 5.41) is 5.99. The molecule has 0 unspecified atom stereocenters. The fourth-order valence-corrected chi connectivity index (χ4v) is 2.57. The van der Waals surface area contributed by atoms with Crippen molar-refractivity contribution in [1.29, 1.82) is 0 Å². The number of hydrogen-bond acceptors (Lipinski definition) is 6. The summed E-state index contributed by atoms with van der Waals surface area (Å²) < 4.78 is 5.17. The smallest absolute Gasteiger partial charge is 0.234 e. The lowest BCUT2D eigenvalue weighted by molar-refractivity contribution is -0.114. The lowest BCUT2D eigenvalue weighted by Gasteiger charge is -2.11. The van der Waals surface area contributed by atoms with Crippen molar-refractivity contribution >= 4 is 35.0 Å². The zero-order chi connectivity index (χ0) is 17.5. The van der Waals surface area contributed by atoms with Gasteiger partial charge < -0.3 is 15.4 Å². The first-order chi connectivity index (χ1) is 11.5. The lowest BCUT2D eigenvalue weighted by atomic mass is 10.2. The summed E-state index contributed by atoms with van der Waals surface area (Å²) in [6.07, 6.45) is 1.66. The van der Waals surface area contributed by atoms with E-state index in [-0.39, 0.29) is 17.6 Å². The van der Waals surface area contributed by atoms with Crippen LogP contribution in [0.15, 0.2) is 35.6 Å². The zero-order valence-corrected chi connectivity index (χ0v) is 14.4. The van der Waals surface area contributed by atoms with E-state index in [1.165, 1.54) is 25.8 Å². The van der Waals surface area contributed by atoms with Crippen molar-refractivity contribution in [3.63, 3.8) is 0 Å². The van der Waals surface area contributed by atoms with Gasteiger partial charge in [0.1, 0.15) is 5.75 Å². The summed E-state index contributed by atoms with van der Waals surface area (Å²) in [6, 6.07) is 6.82. The molecule has 2 amide bonds. The molecule has 0 fully saturated rings. The number of thioether (sulfide) groups is 1. The molecule has 0 radical (unpaired) electrons. The van der Waals surface area contributed by atoms with Gasteiger partial charge in [-0.05, 0) is 31.2 Å². The number of nitrogens with one attached hydrogen (secondary N) is 2. The Labute approximate surface area is 144 Å². The molecule has 2 aromatic rings. The van der Waals surface area contributed by atoms with Crippen molar-refractivity contribution in [2.45, 2.75) is 19.0 Å². The molecule has 7 nitrogen and oxygen atoms in total. The lowest BCUT2D eigenvalue weighted by Crippen LogP contribution is -2.15. The number of nitrogens with zero attached hydrogens (tertiary/aromatic N) is 2. The highest BCUT2D eigenvalue weighted by atomic mass is 32.2. The molecule has 1 heterocycles. The van der Waals surface area contributed by atoms with E-state index >= 15 is 0 Å². The van der Waals surface area contributed by atoms with Gasteiger partial charge in [0.25, 0.3) is 0 Å². The Hall–Kier alpha value is -2.61. The normalized spacial score (nSPS) is 10.1. The second kappa shape index (κ2) is 8.30. The minimum Gasteiger partial charge on any atom is -0.495 e. The molecule has 1 aromatic carbocycles. The van der Waals surface area contributed by atoms with E-state index in [9.17, 15) is 9.59 Å². The first-order valence-electron chi connectivity index (χ1n) is 7.16. The molecule has 0 saturated heterocycles. The van der Waals surface area contributed by atoms with Crippen LogP contribution in [0.3, 0.4) is 0 Å². The molecule has 0 aliphatic rings. The number of hydrogen-bond donors (Lipinski definition) is 2. The summed E-state index contributed by atoms with van der Waals surface area (Å²) in [6.45, 7) is 3.27. The highest BCUT2D eigenvalue weighted by molar-refractivity contribution is 7.99. The van der Waals surface area contributed by atoms with Gasteiger partial charge >= 0.3 is 0 Å². The number of benzene rings is 1. The van der Waals surface area contributed by atoms with E-state index in [1.54, 1.807) is 30.5 Å². The van der Waals surface area contributed by atoms with E-state index in [2.05, 4.69) is 20.6 Å². The molecule has 0 aliphatic carbocycles. The molecular weight excluding hydrogens is 328 g/mol. The molecule has 1 aromatic heterocycles. The summed E-state index contributed by atoms with van der Waals surface area (Å²) in [5.74, 6) is 0.295. The topological polar surface area (TPSA) is 93.2 Å². The van der Waals surface area contributed by atoms with E-state index in [4.69, 9.17) is 4.74 Å². The van der Waals surface area contributed by atoms with Crippen LogP contribution in [0.1, 0.15) is 12.6 Å². The van der Waals surface area contributed by atoms with Crippen LogP contribution >= 0.6 is 11.8 Å². The molecular formula is C16H18N4O3S. The van der Waals surface area contributed by atoms with Gasteiger partial charge in [0, 0.05) is 24.5 Å². The van der Waals surface area contributed by atoms with Crippen LogP contribution in [0, 0.1) is 6.92 Å². The van der Waals surface area contributed by atoms with Crippen LogP contribution in [0.5, 0.6) is 5.75 Å². The molecule has 126 valence electrons. The van der Waals surface area contributed by atoms with Gasteiger partial charge in [-0.3, -0.25) is 9.59 Å². The average molecular weight is 346 g/mol. The van der Waals surface area contributed by atoms with Crippen molar-refractivity contribution in [2.75, 3.05) is 23.5 Å². The quantitative estimate of drug-likeness (QED) is 0.616. The second-order valence-corrected chi connectivity index (χ2v) is 5.86. The second-order valence-electron chi connectivity index (χ2n) is 4.91. The van der Waals surface area contributed by atoms with Crippen LogP contribution in [0.4, 0.5) is 11.4 Å². The van der Waals surface area contributed by atoms with E-state index in [1.807, 2.05) is 6.92 Å². The average Bonchev–Trinajstić information content (AvgIpc) is 2.53. The zero-order valence-electron chi connectivity index (χ0n) is 13.6. The SMILES string of the molecule is COc1ccc(NC(=O)CSc2nccc(C)n2)cc1NC(C)=O. The molecule has 2 N–H and O–H groups in total. The number of aromatic nitrogens is 2. The van der Waals surface area contributed by atoms with Gasteiger partial charge in [-0.2, -0.15) is 0 Å². The molecule has 2 rings (SSSR count). The van der Waals surface area contributed by atoms with Gasteiger partial charge in [0.05, 0.1) is 18.6 Å². The van der Waals surface area contributed by atoms with Gasteiger partial charge in [0.2, 0.25) is 11.8 Å². The van der Waals surface area contributed by atoms with Crippen LogP contribution in [-0.2, 0) is 9.59 Å². The van der Waals surface area contributed by atoms with Crippen LogP contribution in [-0.4, -0.2) is 34.6 Å². The number of aryl methyl sites for hydroxylation is 1. The third-order valence-corrected chi connectivity index (χ3v) is 3.76. The predicted molar refractivity (Wildman–Crippen MR) is 93.4 cm³/mol. The molecule has 0 saturated carbocycles. The number of methoxy groups -OCH3 is 1. The van der Waals surface area contributed by atoms with Crippen LogP contribution in [0.25, 0.3) is 0 Å². The Morgan fingerprint density at radius 2 is 2.04 bits per heavy atom. The van der Waals surface area contributed by atoms with Crippen LogP contribution in [0.2, 0.25) is 0 Å². The van der Waals surface area contributed by atoms with Crippen molar-refractivity contribution in [1.82, 2.24) is 9.97 Å². The summed E-state index contributed by atoms with van der Waals surface area (Å²) in [5.41, 5.74) is 1.91. The standard InChI is InChI=1S/C16H18N4O3S/c1-10-6-7-17-16(18-10)24-9-15(22)20-12-4-5-14(23-3)13(8-12)19-11(2)21/h4-8H,9H2,1-3H3,(H,19,21)(H,20,22). The number of carbonyl (C=O) groups excluding carboxylic acids is 2. The maximum Gasteiger partial charge on any atom is 0.234 e. The van der Waals surface area contributed by atoms with Gasteiger partial charge in [-0.1, -0.05) is 11.8 Å². The summed E-state index contributed by atoms with van der Waals surface area (Å²) in [7, 11) is 1.51. The van der Waals surface area contributed by atoms with E-state index in [0.29, 0.717) is 22.3 Å². The van der Waals surface area contributed by atoms with Crippen molar-refractivity contribution < 1.29 is 14.3 Å². The maximum atomic E-state index is 12.1. The number of amides is 2. The minimum atomic E-state index is -0.219. The fraction of sp³-hybridized carbons (Fsp3) is 0.250. The maximum absolute atomic E-state index is 12.1. The van der Waals surface area contributed by atoms with Gasteiger partial charge in [0.15, 0.2) is 5.16 Å². The molecule has 0 aliphatic heterocycles. The largest absolute Gasteiger partial charge is 0.495 e. The van der Waals surface area contributed by atoms with Crippen molar-refractivity contribution in [3.05, 3.63) is 36.2 Å². The Morgan fingerprint density at radius 1 is 1.25 bits per heavy atom. The first kappa shape index (κ1) is 17.7. The Bertz CT molecular complexity index is 752. The highest BCUT2D eigenvalue weighted by Crippen LogP contribution is 2.28. The molecule has 0 spiro atoms. The number of anilines is 2. The van der Waals surface area contributed by atoms with Crippen LogP contribution < -0.4 is 15.4 Å². The molecule has 24 heavy (non-hydrogen) atoms. The van der Waals surface area contributed by atoms with Crippen molar-refractivity contribution in [3.8, 4) is 5.75 Å². The first-order valence-corrected chi connectivity index (χ1v) is 8.14. The number of rotatable bonds is 6. The van der Waals surface area contributed by atoms with Gasteiger partial charge in [-0.25, -0.2) is 9.97 Å². The summed E-state index contributed by atoms with van der Waals surface area (Å²) >= 11 is 1.26. The van der Waals surface area contributed by atoms with E-state index < -0.39 is 0 Å². The Morgan fingerprint density at radius 3 is 2.71 bits per heavy atom. The van der Waals surface area contributed by atoms with Crippen molar-refractivity contribution in [2.24, 2.45) is 0 Å². The highest BCUT2D eigenvalue weighted by Gasteiger charge is 2.09. The van der Waals surface area contributed by atoms with E-state index in [0.717, 1.165) is 5.69 Å². The third-order valence-electron chi connectivity index (χ3n) is 2.90. The van der Waals surface area contributed by atoms with Gasteiger partial charge in [-0.15, -0.1) is 0 Å². The summed E-state index contributed by atoms with van der Waals surface area (Å²) in [4.78, 5) is 31.6. The minimum absolute atomic E-state index is 0.185. The Kier molecular flexibility index (Phi) is 6.14. The molecule has 0 bridgehead atoms. The number of carbonyl (C=O) groups is 2. The predicted octanol–water partition coefficient (Wildman–Crippen LogP) is 2.48. The molecule has 8 heteroatoms. The fourth-order valence-electron chi connectivity index (χ4n) is 1.90. The third kappa shape index (κ3) is 5.24.